The largest absolute Gasteiger partial charge is 0.317 e. The maximum absolute atomic E-state index is 12.2. The summed E-state index contributed by atoms with van der Waals surface area (Å²) in [4.78, 5) is 12.2. The van der Waals surface area contributed by atoms with Gasteiger partial charge in [0.1, 0.15) is 0 Å². The zero-order chi connectivity index (χ0) is 13.7. The Hall–Kier alpha value is -1.15. The summed E-state index contributed by atoms with van der Waals surface area (Å²) in [6.45, 7) is 6.56. The van der Waals surface area contributed by atoms with Crippen molar-refractivity contribution in [3.8, 4) is 0 Å². The molecule has 1 aliphatic rings. The smallest absolute Gasteiger partial charge is 0.163 e. The van der Waals surface area contributed by atoms with Gasteiger partial charge < -0.3 is 5.32 Å². The third kappa shape index (κ3) is 4.46. The molecule has 2 rings (SSSR count). The Labute approximate surface area is 116 Å². The molecule has 0 atom stereocenters. The first-order chi connectivity index (χ1) is 9.15. The van der Waals surface area contributed by atoms with Gasteiger partial charge in [-0.05, 0) is 49.8 Å². The van der Waals surface area contributed by atoms with Gasteiger partial charge in [0.25, 0.3) is 0 Å². The molecule has 0 amide bonds. The van der Waals surface area contributed by atoms with E-state index in [-0.39, 0.29) is 0 Å². The van der Waals surface area contributed by atoms with Gasteiger partial charge in [0.05, 0.1) is 0 Å². The number of hydrogen-bond acceptors (Lipinski definition) is 2. The van der Waals surface area contributed by atoms with Crippen LogP contribution < -0.4 is 5.32 Å². The van der Waals surface area contributed by atoms with Gasteiger partial charge >= 0.3 is 0 Å². The second kappa shape index (κ2) is 6.85. The Morgan fingerprint density at radius 2 is 1.84 bits per heavy atom. The summed E-state index contributed by atoms with van der Waals surface area (Å²) >= 11 is 0. The normalized spacial score (nSPS) is 16.8. The quantitative estimate of drug-likeness (QED) is 0.821. The zero-order valence-corrected chi connectivity index (χ0v) is 12.1. The summed E-state index contributed by atoms with van der Waals surface area (Å²) in [6.07, 6.45) is 4.07. The van der Waals surface area contributed by atoms with Crippen molar-refractivity contribution in [1.29, 1.82) is 0 Å². The molecule has 19 heavy (non-hydrogen) atoms. The number of ketones is 1. The Morgan fingerprint density at radius 3 is 2.42 bits per heavy atom. The molecule has 0 aliphatic carbocycles. The molecular formula is C17H25NO. The Morgan fingerprint density at radius 1 is 1.21 bits per heavy atom. The Balaban J connectivity index is 1.91. The van der Waals surface area contributed by atoms with E-state index in [1.807, 2.05) is 12.1 Å². The molecule has 1 aromatic rings. The lowest BCUT2D eigenvalue weighted by atomic mass is 9.90. The number of rotatable bonds is 5. The molecule has 104 valence electrons. The van der Waals surface area contributed by atoms with Gasteiger partial charge in [0.2, 0.25) is 0 Å². The van der Waals surface area contributed by atoms with E-state index in [9.17, 15) is 4.79 Å². The topological polar surface area (TPSA) is 29.1 Å². The van der Waals surface area contributed by atoms with E-state index in [2.05, 4.69) is 31.3 Å². The standard InChI is InChI=1S/C17H25NO/c1-13(2)11-14-3-5-16(6-4-14)17(19)12-15-7-9-18-10-8-15/h3-6,13,15,18H,7-12H2,1-2H3. The number of Topliss-reactive ketones (excluding diaryl/α,β-unsaturated/α-hetero) is 1. The number of benzene rings is 1. The molecule has 1 saturated heterocycles. The summed E-state index contributed by atoms with van der Waals surface area (Å²) in [5.41, 5.74) is 2.21. The number of nitrogens with one attached hydrogen (secondary N) is 1. The molecule has 2 heteroatoms. The molecule has 0 unspecified atom stereocenters. The maximum atomic E-state index is 12.2. The van der Waals surface area contributed by atoms with Gasteiger partial charge in [0, 0.05) is 12.0 Å². The van der Waals surface area contributed by atoms with Crippen LogP contribution in [-0.4, -0.2) is 18.9 Å². The van der Waals surface area contributed by atoms with Crippen molar-refractivity contribution < 1.29 is 4.79 Å². The van der Waals surface area contributed by atoms with Crippen LogP contribution in [0.3, 0.4) is 0 Å². The summed E-state index contributed by atoms with van der Waals surface area (Å²) in [7, 11) is 0. The van der Waals surface area contributed by atoms with Crippen molar-refractivity contribution >= 4 is 5.78 Å². The molecular weight excluding hydrogens is 234 g/mol. The van der Waals surface area contributed by atoms with Gasteiger partial charge in [-0.25, -0.2) is 0 Å². The number of carbonyl (C=O) groups is 1. The molecule has 1 fully saturated rings. The highest BCUT2D eigenvalue weighted by molar-refractivity contribution is 5.96. The van der Waals surface area contributed by atoms with Crippen molar-refractivity contribution in [1.82, 2.24) is 5.32 Å². The maximum Gasteiger partial charge on any atom is 0.163 e. The first-order valence-electron chi connectivity index (χ1n) is 7.48. The summed E-state index contributed by atoms with van der Waals surface area (Å²) in [5, 5.41) is 3.34. The fourth-order valence-electron chi connectivity index (χ4n) is 2.76. The van der Waals surface area contributed by atoms with E-state index in [1.54, 1.807) is 0 Å². The second-order valence-corrected chi connectivity index (χ2v) is 6.12. The minimum Gasteiger partial charge on any atom is -0.317 e. The fourth-order valence-corrected chi connectivity index (χ4v) is 2.76. The van der Waals surface area contributed by atoms with Gasteiger partial charge in [0.15, 0.2) is 5.78 Å². The van der Waals surface area contributed by atoms with Crippen molar-refractivity contribution in [2.24, 2.45) is 11.8 Å². The van der Waals surface area contributed by atoms with Gasteiger partial charge in [-0.2, -0.15) is 0 Å². The van der Waals surface area contributed by atoms with Crippen LogP contribution >= 0.6 is 0 Å². The van der Waals surface area contributed by atoms with Gasteiger partial charge in [-0.3, -0.25) is 4.79 Å². The lowest BCUT2D eigenvalue weighted by molar-refractivity contribution is 0.0952. The summed E-state index contributed by atoms with van der Waals surface area (Å²) in [6, 6.07) is 8.22. The molecule has 0 saturated carbocycles. The second-order valence-electron chi connectivity index (χ2n) is 6.12. The molecule has 1 aliphatic heterocycles. The van der Waals surface area contributed by atoms with Crippen LogP contribution in [0.1, 0.15) is 49.0 Å². The average Bonchev–Trinajstić information content (AvgIpc) is 2.40. The predicted octanol–water partition coefficient (Wildman–Crippen LogP) is 3.46. The Bertz CT molecular complexity index is 402. The van der Waals surface area contributed by atoms with Gasteiger partial charge in [-0.1, -0.05) is 38.1 Å². The third-order valence-corrected chi connectivity index (χ3v) is 3.85. The zero-order valence-electron chi connectivity index (χ0n) is 12.1. The van der Waals surface area contributed by atoms with Crippen molar-refractivity contribution in [2.45, 2.75) is 39.5 Å². The van der Waals surface area contributed by atoms with Crippen LogP contribution in [-0.2, 0) is 6.42 Å². The molecule has 1 heterocycles. The van der Waals surface area contributed by atoms with Crippen LogP contribution in [0, 0.1) is 11.8 Å². The summed E-state index contributed by atoms with van der Waals surface area (Å²) < 4.78 is 0. The highest BCUT2D eigenvalue weighted by Gasteiger charge is 2.17. The first kappa shape index (κ1) is 14.3. The highest BCUT2D eigenvalue weighted by atomic mass is 16.1. The number of carbonyl (C=O) groups excluding carboxylic acids is 1. The van der Waals surface area contributed by atoms with Crippen molar-refractivity contribution in [3.05, 3.63) is 35.4 Å². The monoisotopic (exact) mass is 259 g/mol. The van der Waals surface area contributed by atoms with Crippen molar-refractivity contribution in [2.75, 3.05) is 13.1 Å². The predicted molar refractivity (Wildman–Crippen MR) is 79.5 cm³/mol. The fraction of sp³-hybridized carbons (Fsp3) is 0.588. The van der Waals surface area contributed by atoms with E-state index in [1.165, 1.54) is 5.56 Å². The molecule has 1 N–H and O–H groups in total. The number of piperidine rings is 1. The average molecular weight is 259 g/mol. The lowest BCUT2D eigenvalue weighted by Crippen LogP contribution is -2.28. The van der Waals surface area contributed by atoms with Crippen LogP contribution in [0.2, 0.25) is 0 Å². The van der Waals surface area contributed by atoms with E-state index in [4.69, 9.17) is 0 Å². The lowest BCUT2D eigenvalue weighted by Gasteiger charge is -2.21. The van der Waals surface area contributed by atoms with E-state index < -0.39 is 0 Å². The first-order valence-corrected chi connectivity index (χ1v) is 7.48. The number of hydrogen-bond donors (Lipinski definition) is 1. The molecule has 1 aromatic carbocycles. The Kier molecular flexibility index (Phi) is 5.15. The third-order valence-electron chi connectivity index (χ3n) is 3.85. The van der Waals surface area contributed by atoms with Crippen LogP contribution in [0.25, 0.3) is 0 Å². The molecule has 0 radical (unpaired) electrons. The van der Waals surface area contributed by atoms with Crippen LogP contribution in [0.5, 0.6) is 0 Å². The SMILES string of the molecule is CC(C)Cc1ccc(C(=O)CC2CCNCC2)cc1. The minimum absolute atomic E-state index is 0.308. The molecule has 0 aromatic heterocycles. The van der Waals surface area contributed by atoms with Gasteiger partial charge in [-0.15, -0.1) is 0 Å². The summed E-state index contributed by atoms with van der Waals surface area (Å²) in [5.74, 6) is 1.54. The highest BCUT2D eigenvalue weighted by Crippen LogP contribution is 2.19. The van der Waals surface area contributed by atoms with Crippen molar-refractivity contribution in [3.63, 3.8) is 0 Å². The minimum atomic E-state index is 0.308. The van der Waals surface area contributed by atoms with E-state index in [0.29, 0.717) is 24.0 Å². The van der Waals surface area contributed by atoms with Crippen LogP contribution in [0.4, 0.5) is 0 Å². The molecule has 0 spiro atoms. The molecule has 0 bridgehead atoms. The molecule has 2 nitrogen and oxygen atoms in total. The van der Waals surface area contributed by atoms with Crippen LogP contribution in [0.15, 0.2) is 24.3 Å². The van der Waals surface area contributed by atoms with E-state index >= 15 is 0 Å². The van der Waals surface area contributed by atoms with E-state index in [0.717, 1.165) is 37.9 Å².